The lowest BCUT2D eigenvalue weighted by Gasteiger charge is -2.29. The summed E-state index contributed by atoms with van der Waals surface area (Å²) in [6, 6.07) is 1.42. The molecular formula is C15H19F3N2O. The van der Waals surface area contributed by atoms with Gasteiger partial charge in [-0.15, -0.1) is 0 Å². The number of halogens is 3. The summed E-state index contributed by atoms with van der Waals surface area (Å²) < 4.78 is 39.0. The van der Waals surface area contributed by atoms with Crippen LogP contribution >= 0.6 is 0 Å². The molecule has 1 aromatic carbocycles. The molecule has 0 bridgehead atoms. The summed E-state index contributed by atoms with van der Waals surface area (Å²) in [5, 5.41) is 2.92. The summed E-state index contributed by atoms with van der Waals surface area (Å²) >= 11 is 0. The van der Waals surface area contributed by atoms with Gasteiger partial charge in [-0.1, -0.05) is 0 Å². The summed E-state index contributed by atoms with van der Waals surface area (Å²) in [5.74, 6) is -3.93. The molecule has 0 radical (unpaired) electrons. The normalized spacial score (nSPS) is 16.9. The molecule has 1 atom stereocenters. The minimum atomic E-state index is -1.48. The van der Waals surface area contributed by atoms with E-state index in [2.05, 4.69) is 5.32 Å². The Balaban J connectivity index is 1.91. The van der Waals surface area contributed by atoms with Gasteiger partial charge in [-0.25, -0.2) is 13.2 Å². The van der Waals surface area contributed by atoms with Crippen molar-refractivity contribution in [3.8, 4) is 0 Å². The van der Waals surface area contributed by atoms with Gasteiger partial charge in [0.25, 0.3) is 0 Å². The molecule has 3 nitrogen and oxygen atoms in total. The maximum atomic E-state index is 13.1. The van der Waals surface area contributed by atoms with Crippen LogP contribution in [0.1, 0.15) is 31.7 Å². The first kappa shape index (κ1) is 15.8. The van der Waals surface area contributed by atoms with Crippen LogP contribution < -0.4 is 5.32 Å². The molecule has 116 valence electrons. The molecule has 1 N–H and O–H groups in total. The Morgan fingerprint density at radius 3 is 2.33 bits per heavy atom. The van der Waals surface area contributed by atoms with Gasteiger partial charge in [0.1, 0.15) is 0 Å². The Kier molecular flexibility index (Phi) is 5.22. The van der Waals surface area contributed by atoms with Gasteiger partial charge in [0.05, 0.1) is 6.04 Å². The van der Waals surface area contributed by atoms with Crippen LogP contribution in [0.3, 0.4) is 0 Å². The zero-order valence-electron chi connectivity index (χ0n) is 12.0. The van der Waals surface area contributed by atoms with Crippen LogP contribution in [-0.2, 0) is 11.3 Å². The molecular weight excluding hydrogens is 281 g/mol. The maximum absolute atomic E-state index is 13.1. The Labute approximate surface area is 122 Å². The van der Waals surface area contributed by atoms with E-state index in [4.69, 9.17) is 0 Å². The number of carbonyl (C=O) groups is 1. The van der Waals surface area contributed by atoms with Crippen molar-refractivity contribution in [2.75, 3.05) is 13.1 Å². The van der Waals surface area contributed by atoms with Gasteiger partial charge in [-0.2, -0.15) is 0 Å². The molecule has 21 heavy (non-hydrogen) atoms. The molecule has 0 spiro atoms. The highest BCUT2D eigenvalue weighted by Gasteiger charge is 2.21. The Hall–Kier alpha value is -1.56. The summed E-state index contributed by atoms with van der Waals surface area (Å²) in [6.45, 7) is 3.33. The summed E-state index contributed by atoms with van der Waals surface area (Å²) in [7, 11) is 0. The smallest absolute Gasteiger partial charge is 0.239 e. The number of nitrogens with one attached hydrogen (secondary N) is 1. The van der Waals surface area contributed by atoms with Crippen LogP contribution in [0.4, 0.5) is 13.2 Å². The van der Waals surface area contributed by atoms with Crippen molar-refractivity contribution in [3.63, 3.8) is 0 Å². The predicted molar refractivity (Wildman–Crippen MR) is 73.0 cm³/mol. The first-order valence-corrected chi connectivity index (χ1v) is 7.14. The van der Waals surface area contributed by atoms with E-state index in [9.17, 15) is 18.0 Å². The Bertz CT molecular complexity index is 493. The second kappa shape index (κ2) is 6.93. The number of piperidine rings is 1. The lowest BCUT2D eigenvalue weighted by Crippen LogP contribution is -2.46. The van der Waals surface area contributed by atoms with E-state index >= 15 is 0 Å². The molecule has 1 unspecified atom stereocenters. The molecule has 1 saturated heterocycles. The SMILES string of the molecule is CC(NCc1cc(F)c(F)c(F)c1)C(=O)N1CCCCC1. The van der Waals surface area contributed by atoms with E-state index in [1.54, 1.807) is 11.8 Å². The van der Waals surface area contributed by atoms with Crippen molar-refractivity contribution in [1.82, 2.24) is 10.2 Å². The average Bonchev–Trinajstić information content (AvgIpc) is 2.50. The van der Waals surface area contributed by atoms with E-state index < -0.39 is 23.5 Å². The van der Waals surface area contributed by atoms with Gasteiger partial charge < -0.3 is 10.2 Å². The number of likely N-dealkylation sites (tertiary alicyclic amines) is 1. The average molecular weight is 300 g/mol. The fraction of sp³-hybridized carbons (Fsp3) is 0.533. The highest BCUT2D eigenvalue weighted by Crippen LogP contribution is 2.14. The second-order valence-corrected chi connectivity index (χ2v) is 5.36. The van der Waals surface area contributed by atoms with Crippen LogP contribution in [0.25, 0.3) is 0 Å². The van der Waals surface area contributed by atoms with Crippen LogP contribution in [-0.4, -0.2) is 29.9 Å². The Morgan fingerprint density at radius 2 is 1.76 bits per heavy atom. The summed E-state index contributed by atoms with van der Waals surface area (Å²) in [4.78, 5) is 14.0. The van der Waals surface area contributed by atoms with Gasteiger partial charge in [-0.05, 0) is 43.9 Å². The number of hydrogen-bond acceptors (Lipinski definition) is 2. The molecule has 1 aromatic rings. The fourth-order valence-corrected chi connectivity index (χ4v) is 2.46. The van der Waals surface area contributed by atoms with Crippen molar-refractivity contribution in [2.45, 2.75) is 38.8 Å². The number of nitrogens with zero attached hydrogens (tertiary/aromatic N) is 1. The maximum Gasteiger partial charge on any atom is 0.239 e. The topological polar surface area (TPSA) is 32.3 Å². The minimum absolute atomic E-state index is 0.0160. The van der Waals surface area contributed by atoms with Gasteiger partial charge in [0, 0.05) is 19.6 Å². The predicted octanol–water partition coefficient (Wildman–Crippen LogP) is 2.59. The number of amides is 1. The number of carbonyl (C=O) groups excluding carboxylic acids is 1. The molecule has 1 heterocycles. The van der Waals surface area contributed by atoms with Crippen LogP contribution in [0, 0.1) is 17.5 Å². The molecule has 6 heteroatoms. The highest BCUT2D eigenvalue weighted by molar-refractivity contribution is 5.81. The van der Waals surface area contributed by atoms with Crippen molar-refractivity contribution in [3.05, 3.63) is 35.1 Å². The standard InChI is InChI=1S/C15H19F3N2O/c1-10(15(21)20-5-3-2-4-6-20)19-9-11-7-12(16)14(18)13(17)8-11/h7-8,10,19H,2-6,9H2,1H3. The fourth-order valence-electron chi connectivity index (χ4n) is 2.46. The number of hydrogen-bond donors (Lipinski definition) is 1. The molecule has 1 aliphatic rings. The zero-order chi connectivity index (χ0) is 15.4. The van der Waals surface area contributed by atoms with Gasteiger partial charge in [-0.3, -0.25) is 4.79 Å². The molecule has 0 aliphatic carbocycles. The summed E-state index contributed by atoms with van der Waals surface area (Å²) in [6.07, 6.45) is 3.15. The third-order valence-corrected chi connectivity index (χ3v) is 3.69. The molecule has 0 aromatic heterocycles. The highest BCUT2D eigenvalue weighted by atomic mass is 19.2. The first-order chi connectivity index (χ1) is 9.99. The first-order valence-electron chi connectivity index (χ1n) is 7.14. The van der Waals surface area contributed by atoms with Crippen LogP contribution in [0.2, 0.25) is 0 Å². The lowest BCUT2D eigenvalue weighted by atomic mass is 10.1. The third kappa shape index (κ3) is 3.97. The number of rotatable bonds is 4. The van der Waals surface area contributed by atoms with Gasteiger partial charge in [0.2, 0.25) is 5.91 Å². The molecule has 2 rings (SSSR count). The van der Waals surface area contributed by atoms with Gasteiger partial charge in [0.15, 0.2) is 17.5 Å². The zero-order valence-corrected chi connectivity index (χ0v) is 12.0. The molecule has 0 saturated carbocycles. The van der Waals surface area contributed by atoms with E-state index in [-0.39, 0.29) is 18.0 Å². The van der Waals surface area contributed by atoms with E-state index in [1.165, 1.54) is 0 Å². The second-order valence-electron chi connectivity index (χ2n) is 5.36. The molecule has 1 amide bonds. The largest absolute Gasteiger partial charge is 0.341 e. The minimum Gasteiger partial charge on any atom is -0.341 e. The van der Waals surface area contributed by atoms with E-state index in [1.807, 2.05) is 0 Å². The van der Waals surface area contributed by atoms with Crippen molar-refractivity contribution < 1.29 is 18.0 Å². The van der Waals surface area contributed by atoms with Crippen LogP contribution in [0.5, 0.6) is 0 Å². The van der Waals surface area contributed by atoms with Crippen LogP contribution in [0.15, 0.2) is 12.1 Å². The lowest BCUT2D eigenvalue weighted by molar-refractivity contribution is -0.133. The molecule has 1 aliphatic heterocycles. The quantitative estimate of drug-likeness (QED) is 0.867. The van der Waals surface area contributed by atoms with Gasteiger partial charge >= 0.3 is 0 Å². The third-order valence-electron chi connectivity index (χ3n) is 3.69. The Morgan fingerprint density at radius 1 is 1.19 bits per heavy atom. The monoisotopic (exact) mass is 300 g/mol. The van der Waals surface area contributed by atoms with Crippen molar-refractivity contribution in [1.29, 1.82) is 0 Å². The number of benzene rings is 1. The van der Waals surface area contributed by atoms with E-state index in [0.29, 0.717) is 0 Å². The van der Waals surface area contributed by atoms with E-state index in [0.717, 1.165) is 44.5 Å². The van der Waals surface area contributed by atoms with Crippen molar-refractivity contribution >= 4 is 5.91 Å². The summed E-state index contributed by atoms with van der Waals surface area (Å²) in [5.41, 5.74) is 0.268. The molecule has 1 fully saturated rings. The van der Waals surface area contributed by atoms with Crippen molar-refractivity contribution in [2.24, 2.45) is 0 Å².